The van der Waals surface area contributed by atoms with Crippen molar-refractivity contribution in [2.75, 3.05) is 6.61 Å². The smallest absolute Gasteiger partial charge is 0.313 e. The van der Waals surface area contributed by atoms with E-state index in [0.29, 0.717) is 12.6 Å². The second-order valence-electron chi connectivity index (χ2n) is 7.40. The first-order chi connectivity index (χ1) is 13.1. The molecule has 0 aliphatic carbocycles. The summed E-state index contributed by atoms with van der Waals surface area (Å²) in [5.74, 6) is 0.898. The Labute approximate surface area is 163 Å². The Kier molecular flexibility index (Phi) is 5.03. The van der Waals surface area contributed by atoms with Crippen molar-refractivity contribution in [2.24, 2.45) is 12.5 Å². The molecular weight excluding hydrogens is 364 g/mol. The van der Waals surface area contributed by atoms with Crippen LogP contribution in [0.5, 0.6) is 0 Å². The zero-order chi connectivity index (χ0) is 19.0. The Hall–Kier alpha value is -1.80. The van der Waals surface area contributed by atoms with Crippen molar-refractivity contribution >= 4 is 17.7 Å². The molecule has 8 heteroatoms. The number of aryl methyl sites for hydroxylation is 1. The number of fused-ring (bicyclic) bond motifs is 2. The van der Waals surface area contributed by atoms with Crippen molar-refractivity contribution in [1.82, 2.24) is 19.7 Å². The third kappa shape index (κ3) is 3.18. The molecular formula is C19H26N4O3S. The van der Waals surface area contributed by atoms with E-state index in [-0.39, 0.29) is 17.4 Å². The first-order valence-electron chi connectivity index (χ1n) is 9.61. The number of esters is 1. The van der Waals surface area contributed by atoms with E-state index in [2.05, 4.69) is 22.0 Å². The van der Waals surface area contributed by atoms with Gasteiger partial charge in [0.25, 0.3) is 0 Å². The maximum absolute atomic E-state index is 12.7. The molecule has 2 fully saturated rings. The van der Waals surface area contributed by atoms with Gasteiger partial charge in [0.05, 0.1) is 18.6 Å². The van der Waals surface area contributed by atoms with Gasteiger partial charge in [-0.15, -0.1) is 10.2 Å². The van der Waals surface area contributed by atoms with Gasteiger partial charge in [0.2, 0.25) is 0 Å². The third-order valence-corrected chi connectivity index (χ3v) is 7.00. The van der Waals surface area contributed by atoms with Gasteiger partial charge < -0.3 is 13.7 Å². The lowest BCUT2D eigenvalue weighted by Crippen LogP contribution is -2.43. The van der Waals surface area contributed by atoms with Crippen LogP contribution < -0.4 is 0 Å². The van der Waals surface area contributed by atoms with E-state index in [4.69, 9.17) is 9.15 Å². The largest absolute Gasteiger partial charge is 0.466 e. The average molecular weight is 391 g/mol. The van der Waals surface area contributed by atoms with E-state index in [0.717, 1.165) is 48.2 Å². The van der Waals surface area contributed by atoms with Crippen molar-refractivity contribution in [1.29, 1.82) is 0 Å². The standard InChI is InChI=1S/C19H26N4O3S/c1-4-19(17(24)25-5-2)10-13-6-8-15(19)23(13)11-14-7-9-16(26-14)27-18-21-20-12-22(18)3/h7,9,12-13,15H,4-6,8,10-11H2,1-3H3/t13-,15+,19+/m0/s1. The minimum absolute atomic E-state index is 0.0253. The van der Waals surface area contributed by atoms with Gasteiger partial charge in [-0.3, -0.25) is 9.69 Å². The fourth-order valence-corrected chi connectivity index (χ4v) is 5.44. The van der Waals surface area contributed by atoms with E-state index in [1.54, 1.807) is 6.33 Å². The van der Waals surface area contributed by atoms with E-state index in [9.17, 15) is 4.79 Å². The number of furan rings is 1. The summed E-state index contributed by atoms with van der Waals surface area (Å²) >= 11 is 1.46. The van der Waals surface area contributed by atoms with Crippen LogP contribution in [0.1, 0.15) is 45.3 Å². The molecule has 4 heterocycles. The van der Waals surface area contributed by atoms with Crippen LogP contribution in [-0.2, 0) is 23.1 Å². The second kappa shape index (κ2) is 7.31. The monoisotopic (exact) mass is 390 g/mol. The fourth-order valence-electron chi connectivity index (χ4n) is 4.70. The van der Waals surface area contributed by atoms with E-state index < -0.39 is 0 Å². The number of ether oxygens (including phenoxy) is 1. The molecule has 0 radical (unpaired) electrons. The molecule has 7 nitrogen and oxygen atoms in total. The van der Waals surface area contributed by atoms with Crippen LogP contribution in [-0.4, -0.2) is 44.3 Å². The first-order valence-corrected chi connectivity index (χ1v) is 10.4. The summed E-state index contributed by atoms with van der Waals surface area (Å²) in [6, 6.07) is 4.67. The summed E-state index contributed by atoms with van der Waals surface area (Å²) in [4.78, 5) is 15.2. The second-order valence-corrected chi connectivity index (χ2v) is 8.37. The Morgan fingerprint density at radius 1 is 1.41 bits per heavy atom. The van der Waals surface area contributed by atoms with Gasteiger partial charge >= 0.3 is 5.97 Å². The lowest BCUT2D eigenvalue weighted by atomic mass is 9.72. The summed E-state index contributed by atoms with van der Waals surface area (Å²) in [5, 5.41) is 9.57. The van der Waals surface area contributed by atoms with Crippen LogP contribution in [0, 0.1) is 5.41 Å². The van der Waals surface area contributed by atoms with Crippen molar-refractivity contribution < 1.29 is 13.9 Å². The number of rotatable bonds is 7. The van der Waals surface area contributed by atoms with Crippen molar-refractivity contribution in [3.05, 3.63) is 24.2 Å². The first kappa shape index (κ1) is 18.6. The molecule has 2 aliphatic rings. The Bertz CT molecular complexity index is 819. The molecule has 27 heavy (non-hydrogen) atoms. The molecule has 2 saturated heterocycles. The van der Waals surface area contributed by atoms with Crippen LogP contribution >= 0.6 is 11.8 Å². The number of nitrogens with zero attached hydrogens (tertiary/aromatic N) is 4. The summed E-state index contributed by atoms with van der Waals surface area (Å²) in [6.07, 6.45) is 5.60. The van der Waals surface area contributed by atoms with Crippen molar-refractivity contribution in [2.45, 2.75) is 68.4 Å². The van der Waals surface area contributed by atoms with E-state index in [1.165, 1.54) is 11.8 Å². The molecule has 0 unspecified atom stereocenters. The molecule has 146 valence electrons. The molecule has 3 atom stereocenters. The predicted molar refractivity (Wildman–Crippen MR) is 100 cm³/mol. The zero-order valence-electron chi connectivity index (χ0n) is 16.1. The summed E-state index contributed by atoms with van der Waals surface area (Å²) in [6.45, 7) is 5.17. The Balaban J connectivity index is 1.47. The fraction of sp³-hybridized carbons (Fsp3) is 0.632. The SMILES string of the molecule is CCOC(=O)[C@]1(CC)C[C@@H]2CC[C@H]1N2Cc1ccc(Sc2nncn2C)o1. The zero-order valence-corrected chi connectivity index (χ0v) is 16.9. The highest BCUT2D eigenvalue weighted by atomic mass is 32.2. The molecule has 0 aromatic carbocycles. The van der Waals surface area contributed by atoms with Crippen molar-refractivity contribution in [3.8, 4) is 0 Å². The topological polar surface area (TPSA) is 73.4 Å². The van der Waals surface area contributed by atoms with Gasteiger partial charge in [-0.2, -0.15) is 0 Å². The highest BCUT2D eigenvalue weighted by molar-refractivity contribution is 7.99. The number of aromatic nitrogens is 3. The minimum Gasteiger partial charge on any atom is -0.466 e. The van der Waals surface area contributed by atoms with Crippen LogP contribution in [0.25, 0.3) is 0 Å². The lowest BCUT2D eigenvalue weighted by molar-refractivity contribution is -0.157. The van der Waals surface area contributed by atoms with Crippen molar-refractivity contribution in [3.63, 3.8) is 0 Å². The summed E-state index contributed by atoms with van der Waals surface area (Å²) < 4.78 is 13.3. The normalized spacial score (nSPS) is 27.4. The van der Waals surface area contributed by atoms with Crippen LogP contribution in [0.3, 0.4) is 0 Å². The third-order valence-electron chi connectivity index (χ3n) is 6.03. The average Bonchev–Trinajstić information content (AvgIpc) is 3.43. The molecule has 0 saturated carbocycles. The Morgan fingerprint density at radius 2 is 2.26 bits per heavy atom. The quantitative estimate of drug-likeness (QED) is 0.672. The molecule has 0 N–H and O–H groups in total. The maximum atomic E-state index is 12.7. The van der Waals surface area contributed by atoms with Crippen LogP contribution in [0.4, 0.5) is 0 Å². The molecule has 2 aromatic rings. The highest BCUT2D eigenvalue weighted by Crippen LogP contribution is 2.53. The van der Waals surface area contributed by atoms with Gasteiger partial charge in [-0.25, -0.2) is 0 Å². The number of hydrogen-bond acceptors (Lipinski definition) is 7. The Morgan fingerprint density at radius 3 is 2.96 bits per heavy atom. The maximum Gasteiger partial charge on any atom is 0.313 e. The molecule has 2 aliphatic heterocycles. The summed E-state index contributed by atoms with van der Waals surface area (Å²) in [5.41, 5.74) is -0.359. The molecule has 4 rings (SSSR count). The van der Waals surface area contributed by atoms with E-state index in [1.807, 2.05) is 30.7 Å². The van der Waals surface area contributed by atoms with Gasteiger partial charge in [0, 0.05) is 19.1 Å². The van der Waals surface area contributed by atoms with Gasteiger partial charge in [0.1, 0.15) is 12.1 Å². The number of hydrogen-bond donors (Lipinski definition) is 0. The molecule has 0 amide bonds. The van der Waals surface area contributed by atoms with Crippen LogP contribution in [0.15, 0.2) is 33.1 Å². The van der Waals surface area contributed by atoms with Crippen LogP contribution in [0.2, 0.25) is 0 Å². The minimum atomic E-state index is -0.359. The highest BCUT2D eigenvalue weighted by Gasteiger charge is 2.59. The van der Waals surface area contributed by atoms with Gasteiger partial charge in [0.15, 0.2) is 10.2 Å². The molecule has 0 spiro atoms. The molecule has 2 bridgehead atoms. The van der Waals surface area contributed by atoms with Gasteiger partial charge in [-0.1, -0.05) is 6.92 Å². The number of carbonyl (C=O) groups excluding carboxylic acids is 1. The lowest BCUT2D eigenvalue weighted by Gasteiger charge is -2.34. The summed E-state index contributed by atoms with van der Waals surface area (Å²) in [7, 11) is 1.91. The predicted octanol–water partition coefficient (Wildman–Crippen LogP) is 3.26. The number of carbonyl (C=O) groups is 1. The van der Waals surface area contributed by atoms with Gasteiger partial charge in [-0.05, 0) is 56.5 Å². The van der Waals surface area contributed by atoms with E-state index >= 15 is 0 Å². The molecule has 2 aromatic heterocycles.